The van der Waals surface area contributed by atoms with E-state index in [1.165, 1.54) is 16.4 Å². The van der Waals surface area contributed by atoms with Crippen LogP contribution < -0.4 is 5.32 Å². The lowest BCUT2D eigenvalue weighted by Crippen LogP contribution is -2.49. The molecular weight excluding hydrogens is 388 g/mol. The van der Waals surface area contributed by atoms with Crippen molar-refractivity contribution in [2.75, 3.05) is 33.4 Å². The number of methoxy groups -OCH3 is 1. The van der Waals surface area contributed by atoms with Gasteiger partial charge in [-0.2, -0.15) is 9.40 Å². The summed E-state index contributed by atoms with van der Waals surface area (Å²) in [6.45, 7) is 2.51. The molecule has 1 saturated carbocycles. The average molecular weight is 419 g/mol. The van der Waals surface area contributed by atoms with Gasteiger partial charge < -0.3 is 10.1 Å². The molecule has 0 spiro atoms. The summed E-state index contributed by atoms with van der Waals surface area (Å²) >= 11 is 0. The highest BCUT2D eigenvalue weighted by Crippen LogP contribution is 2.42. The number of rotatable bonds is 8. The van der Waals surface area contributed by atoms with Crippen molar-refractivity contribution in [2.45, 2.75) is 36.2 Å². The third-order valence-electron chi connectivity index (χ3n) is 6.37. The molecule has 158 valence electrons. The summed E-state index contributed by atoms with van der Waals surface area (Å²) < 4.78 is 34.4. The van der Waals surface area contributed by atoms with Crippen molar-refractivity contribution in [3.63, 3.8) is 0 Å². The van der Waals surface area contributed by atoms with Crippen molar-refractivity contribution in [1.82, 2.24) is 19.4 Å². The van der Waals surface area contributed by atoms with Crippen LogP contribution in [0.15, 0.2) is 47.6 Å². The molecule has 1 N–H and O–H groups in total. The zero-order valence-electron chi connectivity index (χ0n) is 17.1. The summed E-state index contributed by atoms with van der Waals surface area (Å²) in [7, 11) is -0.118. The first-order chi connectivity index (χ1) is 14.0. The molecule has 1 aromatic carbocycles. The lowest BCUT2D eigenvalue weighted by molar-refractivity contribution is 0.0386. The van der Waals surface area contributed by atoms with Crippen LogP contribution in [0.5, 0.6) is 0 Å². The minimum Gasteiger partial charge on any atom is -0.384 e. The van der Waals surface area contributed by atoms with Gasteiger partial charge in [0.15, 0.2) is 5.03 Å². The van der Waals surface area contributed by atoms with Crippen molar-refractivity contribution in [3.05, 3.63) is 48.2 Å². The Morgan fingerprint density at radius 1 is 1.21 bits per heavy atom. The molecule has 29 heavy (non-hydrogen) atoms. The maximum atomic E-state index is 12.9. The molecule has 2 fully saturated rings. The number of aryl methyl sites for hydroxylation is 1. The molecule has 1 aliphatic heterocycles. The summed E-state index contributed by atoms with van der Waals surface area (Å²) in [5.41, 5.74) is 1.36. The maximum absolute atomic E-state index is 12.9. The Morgan fingerprint density at radius 2 is 1.93 bits per heavy atom. The second kappa shape index (κ2) is 8.18. The number of benzene rings is 1. The largest absolute Gasteiger partial charge is 0.384 e. The molecule has 1 saturated heterocycles. The number of hydrogen-bond donors (Lipinski definition) is 1. The van der Waals surface area contributed by atoms with Gasteiger partial charge in [-0.3, -0.25) is 4.68 Å². The Hall–Kier alpha value is -1.74. The summed E-state index contributed by atoms with van der Waals surface area (Å²) in [5, 5.41) is 7.98. The molecule has 1 aliphatic carbocycles. The van der Waals surface area contributed by atoms with E-state index in [4.69, 9.17) is 4.74 Å². The first-order valence-corrected chi connectivity index (χ1v) is 11.6. The highest BCUT2D eigenvalue weighted by molar-refractivity contribution is 7.89. The molecule has 1 aromatic heterocycles. The minimum absolute atomic E-state index is 0.0307. The lowest BCUT2D eigenvalue weighted by atomic mass is 9.79. The van der Waals surface area contributed by atoms with E-state index in [9.17, 15) is 8.42 Å². The second-order valence-electron chi connectivity index (χ2n) is 8.37. The van der Waals surface area contributed by atoms with E-state index < -0.39 is 10.0 Å². The first-order valence-electron chi connectivity index (χ1n) is 10.2. The van der Waals surface area contributed by atoms with E-state index in [-0.39, 0.29) is 10.4 Å². The monoisotopic (exact) mass is 418 g/mol. The Morgan fingerprint density at radius 3 is 2.55 bits per heavy atom. The molecule has 7 nitrogen and oxygen atoms in total. The van der Waals surface area contributed by atoms with Crippen LogP contribution in [-0.4, -0.2) is 61.9 Å². The Balaban J connectivity index is 1.36. The van der Waals surface area contributed by atoms with Gasteiger partial charge in [-0.25, -0.2) is 8.42 Å². The lowest BCUT2D eigenvalue weighted by Gasteiger charge is -2.41. The molecule has 2 aromatic rings. The van der Waals surface area contributed by atoms with Crippen molar-refractivity contribution >= 4 is 10.0 Å². The number of nitrogens with zero attached hydrogens (tertiary/aromatic N) is 3. The average Bonchev–Trinajstić information content (AvgIpc) is 3.38. The Bertz CT molecular complexity index is 920. The predicted molar refractivity (Wildman–Crippen MR) is 111 cm³/mol. The zero-order valence-corrected chi connectivity index (χ0v) is 17.9. The summed E-state index contributed by atoms with van der Waals surface area (Å²) in [6, 6.07) is 12.7. The number of ether oxygens (including phenoxy) is 1. The SMILES string of the molecule is COCC1(CN[C@@H]2C[C@H]2c2ccccc2)CCN(S(=O)(=O)c2ccnn2C)CC1. The van der Waals surface area contributed by atoms with Crippen molar-refractivity contribution in [1.29, 1.82) is 0 Å². The van der Waals surface area contributed by atoms with E-state index in [0.717, 1.165) is 25.8 Å². The van der Waals surface area contributed by atoms with E-state index in [0.29, 0.717) is 31.7 Å². The molecule has 8 heteroatoms. The van der Waals surface area contributed by atoms with Crippen LogP contribution in [0.3, 0.4) is 0 Å². The van der Waals surface area contributed by atoms with Crippen LogP contribution in [0, 0.1) is 5.41 Å². The van der Waals surface area contributed by atoms with Gasteiger partial charge in [-0.05, 0) is 30.9 Å². The standard InChI is InChI=1S/C21H30N4O3S/c1-24-20(8-11-23-24)29(26,27)25-12-9-21(10-13-25,16-28-2)15-22-19-14-18(19)17-6-4-3-5-7-17/h3-8,11,18-19,22H,9-10,12-16H2,1-2H3/t18-,19+/m0/s1. The maximum Gasteiger partial charge on any atom is 0.260 e. The smallest absolute Gasteiger partial charge is 0.260 e. The summed E-state index contributed by atoms with van der Waals surface area (Å²) in [5.74, 6) is 0.584. The molecule has 0 radical (unpaired) electrons. The van der Waals surface area contributed by atoms with Crippen molar-refractivity contribution < 1.29 is 13.2 Å². The number of sulfonamides is 1. The third-order valence-corrected chi connectivity index (χ3v) is 8.35. The Labute approximate surface area is 173 Å². The van der Waals surface area contributed by atoms with Crippen LogP contribution in [-0.2, 0) is 21.8 Å². The van der Waals surface area contributed by atoms with Gasteiger partial charge in [0.05, 0.1) is 12.8 Å². The van der Waals surface area contributed by atoms with Crippen molar-refractivity contribution in [2.24, 2.45) is 12.5 Å². The number of piperidine rings is 1. The minimum atomic E-state index is -3.51. The summed E-state index contributed by atoms with van der Waals surface area (Å²) in [4.78, 5) is 0. The van der Waals surface area contributed by atoms with Crippen LogP contribution in [0.1, 0.15) is 30.7 Å². The number of hydrogen-bond acceptors (Lipinski definition) is 5. The zero-order chi connectivity index (χ0) is 20.5. The van der Waals surface area contributed by atoms with Crippen LogP contribution in [0.2, 0.25) is 0 Å². The van der Waals surface area contributed by atoms with E-state index in [1.807, 2.05) is 0 Å². The highest BCUT2D eigenvalue weighted by Gasteiger charge is 2.43. The van der Waals surface area contributed by atoms with Gasteiger partial charge in [0.25, 0.3) is 10.0 Å². The first kappa shape index (κ1) is 20.5. The normalized spacial score (nSPS) is 24.5. The molecule has 0 bridgehead atoms. The van der Waals surface area contributed by atoms with Crippen molar-refractivity contribution in [3.8, 4) is 0 Å². The van der Waals surface area contributed by atoms with Crippen LogP contribution in [0.4, 0.5) is 0 Å². The fraction of sp³-hybridized carbons (Fsp3) is 0.571. The summed E-state index contributed by atoms with van der Waals surface area (Å²) in [6.07, 6.45) is 4.25. The van der Waals surface area contributed by atoms with Crippen LogP contribution >= 0.6 is 0 Å². The highest BCUT2D eigenvalue weighted by atomic mass is 32.2. The van der Waals surface area contributed by atoms with E-state index >= 15 is 0 Å². The topological polar surface area (TPSA) is 76.5 Å². The third kappa shape index (κ3) is 4.26. The van der Waals surface area contributed by atoms with Gasteiger partial charge in [0.1, 0.15) is 0 Å². The molecule has 0 unspecified atom stereocenters. The molecule has 0 amide bonds. The molecule has 2 aliphatic rings. The molecule has 4 rings (SSSR count). The predicted octanol–water partition coefficient (Wildman–Crippen LogP) is 1.98. The molecular formula is C21H30N4O3S. The Kier molecular flexibility index (Phi) is 5.79. The van der Waals surface area contributed by atoms with Crippen LogP contribution in [0.25, 0.3) is 0 Å². The van der Waals surface area contributed by atoms with Gasteiger partial charge in [-0.15, -0.1) is 0 Å². The second-order valence-corrected chi connectivity index (χ2v) is 10.3. The molecule has 2 heterocycles. The molecule has 2 atom stereocenters. The number of aromatic nitrogens is 2. The van der Waals surface area contributed by atoms with Gasteiger partial charge in [0, 0.05) is 51.2 Å². The fourth-order valence-electron chi connectivity index (χ4n) is 4.46. The quantitative estimate of drug-likeness (QED) is 0.709. The van der Waals surface area contributed by atoms with Gasteiger partial charge in [-0.1, -0.05) is 30.3 Å². The van der Waals surface area contributed by atoms with Gasteiger partial charge >= 0.3 is 0 Å². The fourth-order valence-corrected chi connectivity index (χ4v) is 6.00. The van der Waals surface area contributed by atoms with Gasteiger partial charge in [0.2, 0.25) is 0 Å². The van der Waals surface area contributed by atoms with E-state index in [2.05, 4.69) is 40.7 Å². The number of nitrogens with one attached hydrogen (secondary N) is 1. The van der Waals surface area contributed by atoms with E-state index in [1.54, 1.807) is 24.5 Å².